The normalized spacial score (nSPS) is 16.1. The minimum Gasteiger partial charge on any atom is -0.361 e. The monoisotopic (exact) mass is 314 g/mol. The van der Waals surface area contributed by atoms with E-state index in [1.807, 2.05) is 77.7 Å². The van der Waals surface area contributed by atoms with Crippen molar-refractivity contribution in [2.24, 2.45) is 0 Å². The van der Waals surface area contributed by atoms with Crippen molar-refractivity contribution in [3.8, 4) is 0 Å². The van der Waals surface area contributed by atoms with Gasteiger partial charge in [0.1, 0.15) is 6.17 Å². The highest BCUT2D eigenvalue weighted by molar-refractivity contribution is 5.99. The summed E-state index contributed by atoms with van der Waals surface area (Å²) in [6.45, 7) is 0.582. The van der Waals surface area contributed by atoms with Crippen LogP contribution in [0.1, 0.15) is 27.7 Å². The van der Waals surface area contributed by atoms with Gasteiger partial charge in [0.15, 0.2) is 0 Å². The SMILES string of the molecule is O=C1c2ccccc2[C@H](Nc2ccccc2)N1Cc1ccccc1. The van der Waals surface area contributed by atoms with E-state index >= 15 is 0 Å². The van der Waals surface area contributed by atoms with Gasteiger partial charge in [0.2, 0.25) is 0 Å². The third-order valence-electron chi connectivity index (χ3n) is 4.33. The van der Waals surface area contributed by atoms with Gasteiger partial charge >= 0.3 is 0 Å². The van der Waals surface area contributed by atoms with Crippen molar-refractivity contribution < 1.29 is 4.79 Å². The highest BCUT2D eigenvalue weighted by Gasteiger charge is 2.36. The Bertz CT molecular complexity index is 846. The maximum Gasteiger partial charge on any atom is 0.256 e. The van der Waals surface area contributed by atoms with Gasteiger partial charge in [-0.15, -0.1) is 0 Å². The van der Waals surface area contributed by atoms with Crippen LogP contribution in [0.4, 0.5) is 5.69 Å². The Balaban J connectivity index is 1.69. The Hall–Kier alpha value is -3.07. The molecule has 0 aromatic heterocycles. The molecule has 0 spiro atoms. The molecule has 1 aliphatic rings. The Labute approximate surface area is 141 Å². The van der Waals surface area contributed by atoms with Crippen molar-refractivity contribution in [2.75, 3.05) is 5.32 Å². The molecule has 4 rings (SSSR count). The highest BCUT2D eigenvalue weighted by atomic mass is 16.2. The van der Waals surface area contributed by atoms with Crippen LogP contribution in [0.3, 0.4) is 0 Å². The smallest absolute Gasteiger partial charge is 0.256 e. The van der Waals surface area contributed by atoms with Crippen LogP contribution in [-0.4, -0.2) is 10.8 Å². The second kappa shape index (κ2) is 6.20. The lowest BCUT2D eigenvalue weighted by molar-refractivity contribution is 0.0729. The van der Waals surface area contributed by atoms with E-state index in [-0.39, 0.29) is 12.1 Å². The average molecular weight is 314 g/mol. The third kappa shape index (κ3) is 2.65. The summed E-state index contributed by atoms with van der Waals surface area (Å²) in [5, 5.41) is 3.50. The quantitative estimate of drug-likeness (QED) is 0.771. The molecule has 1 amide bonds. The number of nitrogens with zero attached hydrogens (tertiary/aromatic N) is 1. The first kappa shape index (κ1) is 14.5. The molecule has 118 valence electrons. The van der Waals surface area contributed by atoms with Crippen molar-refractivity contribution in [1.29, 1.82) is 0 Å². The molecule has 0 saturated carbocycles. The summed E-state index contributed by atoms with van der Waals surface area (Å²) in [6.07, 6.45) is -0.156. The Morgan fingerprint density at radius 1 is 0.792 bits per heavy atom. The molecule has 0 unspecified atom stereocenters. The second-order valence-electron chi connectivity index (χ2n) is 5.92. The fourth-order valence-corrected chi connectivity index (χ4v) is 3.16. The van der Waals surface area contributed by atoms with Crippen LogP contribution in [0.15, 0.2) is 84.9 Å². The van der Waals surface area contributed by atoms with Crippen LogP contribution in [0, 0.1) is 0 Å². The van der Waals surface area contributed by atoms with E-state index in [4.69, 9.17) is 0 Å². The van der Waals surface area contributed by atoms with E-state index in [0.717, 1.165) is 22.4 Å². The van der Waals surface area contributed by atoms with Crippen molar-refractivity contribution >= 4 is 11.6 Å². The van der Waals surface area contributed by atoms with Gasteiger partial charge in [-0.3, -0.25) is 4.79 Å². The molecular weight excluding hydrogens is 296 g/mol. The molecule has 1 aliphatic heterocycles. The van der Waals surface area contributed by atoms with Crippen LogP contribution >= 0.6 is 0 Å². The van der Waals surface area contributed by atoms with Crippen LogP contribution in [0.25, 0.3) is 0 Å². The predicted molar refractivity (Wildman–Crippen MR) is 95.6 cm³/mol. The van der Waals surface area contributed by atoms with Gasteiger partial charge in [-0.25, -0.2) is 0 Å². The molecule has 0 bridgehead atoms. The molecule has 24 heavy (non-hydrogen) atoms. The van der Waals surface area contributed by atoms with E-state index in [1.165, 1.54) is 0 Å². The first-order valence-electron chi connectivity index (χ1n) is 8.08. The number of carbonyl (C=O) groups is 1. The lowest BCUT2D eigenvalue weighted by Gasteiger charge is -2.27. The first-order chi connectivity index (χ1) is 11.8. The third-order valence-corrected chi connectivity index (χ3v) is 4.33. The molecule has 3 nitrogen and oxygen atoms in total. The molecular formula is C21H18N2O. The number of anilines is 1. The van der Waals surface area contributed by atoms with Crippen molar-refractivity contribution in [3.63, 3.8) is 0 Å². The number of carbonyl (C=O) groups excluding carboxylic acids is 1. The van der Waals surface area contributed by atoms with E-state index in [9.17, 15) is 4.79 Å². The largest absolute Gasteiger partial charge is 0.361 e. The van der Waals surface area contributed by atoms with E-state index in [0.29, 0.717) is 6.54 Å². The predicted octanol–water partition coefficient (Wildman–Crippen LogP) is 4.45. The van der Waals surface area contributed by atoms with Crippen LogP contribution in [-0.2, 0) is 6.54 Å². The molecule has 0 aliphatic carbocycles. The molecule has 1 heterocycles. The van der Waals surface area contributed by atoms with Gasteiger partial charge in [0.25, 0.3) is 5.91 Å². The van der Waals surface area contributed by atoms with Crippen LogP contribution in [0.5, 0.6) is 0 Å². The van der Waals surface area contributed by atoms with Crippen LogP contribution in [0.2, 0.25) is 0 Å². The fourth-order valence-electron chi connectivity index (χ4n) is 3.16. The molecule has 3 heteroatoms. The highest BCUT2D eigenvalue weighted by Crippen LogP contribution is 2.35. The molecule has 1 N–H and O–H groups in total. The topological polar surface area (TPSA) is 32.3 Å². The fraction of sp³-hybridized carbons (Fsp3) is 0.0952. The summed E-state index contributed by atoms with van der Waals surface area (Å²) < 4.78 is 0. The summed E-state index contributed by atoms with van der Waals surface area (Å²) >= 11 is 0. The second-order valence-corrected chi connectivity index (χ2v) is 5.92. The summed E-state index contributed by atoms with van der Waals surface area (Å²) in [6, 6.07) is 27.9. The zero-order chi connectivity index (χ0) is 16.4. The number of amides is 1. The number of benzene rings is 3. The number of nitrogens with one attached hydrogen (secondary N) is 1. The average Bonchev–Trinajstić information content (AvgIpc) is 2.90. The standard InChI is InChI=1S/C21H18N2O/c24-21-19-14-8-7-13-18(19)20(22-17-11-5-2-6-12-17)23(21)15-16-9-3-1-4-10-16/h1-14,20,22H,15H2/t20-/m1/s1. The maximum absolute atomic E-state index is 12.9. The van der Waals surface area contributed by atoms with Crippen molar-refractivity contribution in [1.82, 2.24) is 4.90 Å². The van der Waals surface area contributed by atoms with Crippen LogP contribution < -0.4 is 5.32 Å². The Morgan fingerprint density at radius 3 is 2.17 bits per heavy atom. The lowest BCUT2D eigenvalue weighted by Crippen LogP contribution is -2.31. The summed E-state index contributed by atoms with van der Waals surface area (Å²) in [5.74, 6) is 0.0721. The Morgan fingerprint density at radius 2 is 1.42 bits per heavy atom. The van der Waals surface area contributed by atoms with E-state index in [1.54, 1.807) is 0 Å². The summed E-state index contributed by atoms with van der Waals surface area (Å²) in [5.41, 5.74) is 3.94. The zero-order valence-electron chi connectivity index (χ0n) is 13.2. The van der Waals surface area contributed by atoms with Crippen molar-refractivity contribution in [3.05, 3.63) is 102 Å². The van der Waals surface area contributed by atoms with Gasteiger partial charge < -0.3 is 10.2 Å². The molecule has 3 aromatic carbocycles. The summed E-state index contributed by atoms with van der Waals surface area (Å²) in [4.78, 5) is 14.8. The molecule has 3 aromatic rings. The number of para-hydroxylation sites is 1. The lowest BCUT2D eigenvalue weighted by atomic mass is 10.1. The number of fused-ring (bicyclic) bond motifs is 1. The Kier molecular flexibility index (Phi) is 3.75. The number of hydrogen-bond acceptors (Lipinski definition) is 2. The maximum atomic E-state index is 12.9. The molecule has 0 radical (unpaired) electrons. The number of rotatable bonds is 4. The first-order valence-corrected chi connectivity index (χ1v) is 8.08. The van der Waals surface area contributed by atoms with Gasteiger partial charge in [-0.1, -0.05) is 66.7 Å². The summed E-state index contributed by atoms with van der Waals surface area (Å²) in [7, 11) is 0. The van der Waals surface area contributed by atoms with E-state index < -0.39 is 0 Å². The zero-order valence-corrected chi connectivity index (χ0v) is 13.2. The van der Waals surface area contributed by atoms with Gasteiger partial charge in [-0.05, 0) is 23.8 Å². The van der Waals surface area contributed by atoms with E-state index in [2.05, 4.69) is 17.4 Å². The van der Waals surface area contributed by atoms with Crippen molar-refractivity contribution in [2.45, 2.75) is 12.7 Å². The van der Waals surface area contributed by atoms with Gasteiger partial charge in [-0.2, -0.15) is 0 Å². The minimum atomic E-state index is -0.156. The van der Waals surface area contributed by atoms with Gasteiger partial charge in [0, 0.05) is 23.4 Å². The number of hydrogen-bond donors (Lipinski definition) is 1. The minimum absolute atomic E-state index is 0.0721. The van der Waals surface area contributed by atoms with Gasteiger partial charge in [0.05, 0.1) is 0 Å². The molecule has 1 atom stereocenters. The molecule has 0 saturated heterocycles. The molecule has 0 fully saturated rings.